The first-order valence-corrected chi connectivity index (χ1v) is 3.81. The molecule has 1 rings (SSSR count). The number of thioether (sulfide) groups is 2. The molecule has 0 aromatic heterocycles. The zero-order valence-electron chi connectivity index (χ0n) is 3.23. The van der Waals surface area contributed by atoms with Crippen LogP contribution in [-0.4, -0.2) is 15.9 Å². The van der Waals surface area contributed by atoms with Crippen molar-refractivity contribution >= 4 is 28.6 Å². The minimum absolute atomic E-state index is 0.833. The quantitative estimate of drug-likeness (QED) is 0.521. The molecule has 0 amide bonds. The van der Waals surface area contributed by atoms with Crippen molar-refractivity contribution in [1.29, 1.82) is 5.41 Å². The summed E-state index contributed by atoms with van der Waals surface area (Å²) >= 11 is 3.46. The summed E-state index contributed by atoms with van der Waals surface area (Å²) in [6.07, 6.45) is 0. The highest BCUT2D eigenvalue weighted by molar-refractivity contribution is 8.29. The second-order valence-electron chi connectivity index (χ2n) is 1.03. The molecular formula is C3H5NS2. The Balaban J connectivity index is 2.37. The first-order chi connectivity index (χ1) is 2.89. The highest BCUT2D eigenvalue weighted by Crippen LogP contribution is 2.22. The molecule has 0 atom stereocenters. The van der Waals surface area contributed by atoms with Crippen LogP contribution in [0.3, 0.4) is 0 Å². The Labute approximate surface area is 45.4 Å². The lowest BCUT2D eigenvalue weighted by molar-refractivity contribution is 1.54. The molecule has 1 N–H and O–H groups in total. The van der Waals surface area contributed by atoms with Gasteiger partial charge in [-0.2, -0.15) is 0 Å². The molecule has 0 radical (unpaired) electrons. The van der Waals surface area contributed by atoms with Crippen LogP contribution in [0.25, 0.3) is 0 Å². The fourth-order valence-electron chi connectivity index (χ4n) is 0.289. The molecule has 1 aliphatic rings. The lowest BCUT2D eigenvalue weighted by Crippen LogP contribution is -1.80. The predicted octanol–water partition coefficient (Wildman–Crippen LogP) is 1.40. The standard InChI is InChI=1S/C3H5NS2/c4-3-1-5-2-6-3/h4H,1-2H2. The molecule has 6 heavy (non-hydrogen) atoms. The summed E-state index contributed by atoms with van der Waals surface area (Å²) in [5.74, 6) is 0.949. The van der Waals surface area contributed by atoms with Crippen LogP contribution in [0.5, 0.6) is 0 Å². The minimum atomic E-state index is 0.833. The van der Waals surface area contributed by atoms with Gasteiger partial charge in [0.2, 0.25) is 0 Å². The maximum Gasteiger partial charge on any atom is 0.0749 e. The Bertz CT molecular complexity index is 63.2. The summed E-state index contributed by atoms with van der Waals surface area (Å²) in [6, 6.07) is 0. The fraction of sp³-hybridized carbons (Fsp3) is 0.667. The molecule has 0 aromatic rings. The fourth-order valence-corrected chi connectivity index (χ4v) is 2.29. The largest absolute Gasteiger partial charge is 0.298 e. The molecule has 1 nitrogen and oxygen atoms in total. The highest BCUT2D eigenvalue weighted by atomic mass is 32.2. The molecule has 1 aliphatic heterocycles. The van der Waals surface area contributed by atoms with Gasteiger partial charge < -0.3 is 0 Å². The SMILES string of the molecule is N=C1CSCS1. The van der Waals surface area contributed by atoms with E-state index >= 15 is 0 Å². The minimum Gasteiger partial charge on any atom is -0.298 e. The van der Waals surface area contributed by atoms with Gasteiger partial charge in [0.05, 0.1) is 5.04 Å². The first kappa shape index (κ1) is 4.53. The summed E-state index contributed by atoms with van der Waals surface area (Å²) in [4.78, 5) is 0. The summed E-state index contributed by atoms with van der Waals surface area (Å²) in [6.45, 7) is 0. The van der Waals surface area contributed by atoms with E-state index in [4.69, 9.17) is 5.41 Å². The first-order valence-electron chi connectivity index (χ1n) is 1.67. The topological polar surface area (TPSA) is 23.9 Å². The van der Waals surface area contributed by atoms with E-state index in [-0.39, 0.29) is 0 Å². The van der Waals surface area contributed by atoms with Gasteiger partial charge in [0.25, 0.3) is 0 Å². The third-order valence-corrected chi connectivity index (χ3v) is 2.86. The van der Waals surface area contributed by atoms with Gasteiger partial charge in [0.1, 0.15) is 0 Å². The summed E-state index contributed by atoms with van der Waals surface area (Å²) in [7, 11) is 0. The number of nitrogens with one attached hydrogen (secondary N) is 1. The van der Waals surface area contributed by atoms with Gasteiger partial charge in [0.15, 0.2) is 0 Å². The molecule has 0 bridgehead atoms. The van der Waals surface area contributed by atoms with Gasteiger partial charge in [-0.25, -0.2) is 0 Å². The molecular weight excluding hydrogens is 114 g/mol. The Hall–Kier alpha value is 0.370. The Kier molecular flexibility index (Phi) is 1.42. The highest BCUT2D eigenvalue weighted by Gasteiger charge is 2.04. The van der Waals surface area contributed by atoms with Gasteiger partial charge in [-0.15, -0.1) is 11.8 Å². The van der Waals surface area contributed by atoms with Crippen molar-refractivity contribution in [2.45, 2.75) is 0 Å². The van der Waals surface area contributed by atoms with Crippen LogP contribution in [0.15, 0.2) is 0 Å². The molecule has 0 unspecified atom stereocenters. The van der Waals surface area contributed by atoms with E-state index in [0.29, 0.717) is 0 Å². The number of hydrogen-bond acceptors (Lipinski definition) is 3. The molecule has 3 heteroatoms. The monoisotopic (exact) mass is 119 g/mol. The third kappa shape index (κ3) is 0.914. The average molecular weight is 119 g/mol. The third-order valence-electron chi connectivity index (χ3n) is 0.550. The second kappa shape index (κ2) is 1.89. The van der Waals surface area contributed by atoms with Crippen molar-refractivity contribution in [3.05, 3.63) is 0 Å². The Morgan fingerprint density at radius 1 is 1.67 bits per heavy atom. The molecule has 0 spiro atoms. The Morgan fingerprint density at radius 2 is 2.50 bits per heavy atom. The molecule has 0 saturated carbocycles. The second-order valence-corrected chi connectivity index (χ2v) is 3.46. The Morgan fingerprint density at radius 3 is 2.67 bits per heavy atom. The van der Waals surface area contributed by atoms with Gasteiger partial charge in [0, 0.05) is 10.8 Å². The lowest BCUT2D eigenvalue weighted by Gasteiger charge is -1.75. The molecule has 0 aromatic carbocycles. The van der Waals surface area contributed by atoms with Gasteiger partial charge >= 0.3 is 0 Å². The summed E-state index contributed by atoms with van der Waals surface area (Å²) < 4.78 is 0. The summed E-state index contributed by atoms with van der Waals surface area (Å²) in [5.41, 5.74) is 0. The van der Waals surface area contributed by atoms with Crippen LogP contribution in [0.4, 0.5) is 0 Å². The van der Waals surface area contributed by atoms with Crippen molar-refractivity contribution < 1.29 is 0 Å². The maximum atomic E-state index is 6.99. The van der Waals surface area contributed by atoms with Crippen LogP contribution in [0, 0.1) is 5.41 Å². The van der Waals surface area contributed by atoms with E-state index in [0.717, 1.165) is 15.9 Å². The predicted molar refractivity (Wildman–Crippen MR) is 32.6 cm³/mol. The molecule has 34 valence electrons. The van der Waals surface area contributed by atoms with Crippen LogP contribution in [0.2, 0.25) is 0 Å². The van der Waals surface area contributed by atoms with Crippen molar-refractivity contribution in [3.63, 3.8) is 0 Å². The van der Waals surface area contributed by atoms with Crippen LogP contribution < -0.4 is 0 Å². The zero-order valence-corrected chi connectivity index (χ0v) is 4.86. The molecule has 0 aliphatic carbocycles. The van der Waals surface area contributed by atoms with E-state index in [1.54, 1.807) is 11.8 Å². The van der Waals surface area contributed by atoms with E-state index in [1.807, 2.05) is 11.8 Å². The smallest absolute Gasteiger partial charge is 0.0749 e. The van der Waals surface area contributed by atoms with Gasteiger partial charge in [-0.05, 0) is 0 Å². The normalized spacial score (nSPS) is 22.3. The average Bonchev–Trinajstić information content (AvgIpc) is 1.86. The van der Waals surface area contributed by atoms with Gasteiger partial charge in [-0.3, -0.25) is 5.41 Å². The van der Waals surface area contributed by atoms with Crippen molar-refractivity contribution in [2.24, 2.45) is 0 Å². The van der Waals surface area contributed by atoms with Crippen molar-refractivity contribution in [3.8, 4) is 0 Å². The molecule has 1 fully saturated rings. The van der Waals surface area contributed by atoms with Crippen LogP contribution in [0.1, 0.15) is 0 Å². The molecule has 1 saturated heterocycles. The van der Waals surface area contributed by atoms with Gasteiger partial charge in [-0.1, -0.05) is 11.8 Å². The van der Waals surface area contributed by atoms with Crippen molar-refractivity contribution in [2.75, 3.05) is 10.8 Å². The van der Waals surface area contributed by atoms with E-state index in [9.17, 15) is 0 Å². The summed E-state index contributed by atoms with van der Waals surface area (Å²) in [5, 5.41) is 8.92. The van der Waals surface area contributed by atoms with E-state index < -0.39 is 0 Å². The number of rotatable bonds is 0. The maximum absolute atomic E-state index is 6.99. The number of hydrogen-bond donors (Lipinski definition) is 1. The lowest BCUT2D eigenvalue weighted by atomic mass is 10.9. The van der Waals surface area contributed by atoms with Crippen LogP contribution >= 0.6 is 23.5 Å². The van der Waals surface area contributed by atoms with Crippen molar-refractivity contribution in [1.82, 2.24) is 0 Å². The zero-order chi connectivity index (χ0) is 4.41. The molecule has 1 heterocycles. The van der Waals surface area contributed by atoms with Crippen LogP contribution in [-0.2, 0) is 0 Å². The van der Waals surface area contributed by atoms with E-state index in [1.165, 1.54) is 0 Å². The van der Waals surface area contributed by atoms with E-state index in [2.05, 4.69) is 0 Å².